The Morgan fingerprint density at radius 2 is 1.68 bits per heavy atom. The number of carbonyl (C=O) groups is 1. The van der Waals surface area contributed by atoms with Gasteiger partial charge in [0.25, 0.3) is 11.8 Å². The van der Waals surface area contributed by atoms with Crippen molar-refractivity contribution in [2.24, 2.45) is 0 Å². The molecule has 0 bridgehead atoms. The molecule has 0 saturated carbocycles. The van der Waals surface area contributed by atoms with Gasteiger partial charge in [-0.05, 0) is 32.0 Å². The van der Waals surface area contributed by atoms with E-state index in [4.69, 9.17) is 18.3 Å². The first-order chi connectivity index (χ1) is 12.0. The van der Waals surface area contributed by atoms with Crippen LogP contribution in [0, 0.1) is 13.8 Å². The van der Waals surface area contributed by atoms with Crippen molar-refractivity contribution in [2.75, 3.05) is 19.5 Å². The highest BCUT2D eigenvalue weighted by Gasteiger charge is 2.17. The molecule has 0 saturated heterocycles. The number of nitrogens with zero attached hydrogens (tertiary/aromatic N) is 2. The zero-order valence-electron chi connectivity index (χ0n) is 14.2. The summed E-state index contributed by atoms with van der Waals surface area (Å²) in [6, 6.07) is 6.62. The Balaban J connectivity index is 1.81. The van der Waals surface area contributed by atoms with E-state index < -0.39 is 5.91 Å². The van der Waals surface area contributed by atoms with Crippen LogP contribution in [0.2, 0.25) is 0 Å². The zero-order valence-corrected chi connectivity index (χ0v) is 14.2. The lowest BCUT2D eigenvalue weighted by atomic mass is 10.2. The quantitative estimate of drug-likeness (QED) is 0.759. The summed E-state index contributed by atoms with van der Waals surface area (Å²) in [4.78, 5) is 12.4. The molecule has 0 fully saturated rings. The van der Waals surface area contributed by atoms with Crippen molar-refractivity contribution >= 4 is 11.9 Å². The number of anilines is 1. The number of aryl methyl sites for hydroxylation is 2. The van der Waals surface area contributed by atoms with Gasteiger partial charge in [0.15, 0.2) is 0 Å². The summed E-state index contributed by atoms with van der Waals surface area (Å²) in [7, 11) is 3.02. The van der Waals surface area contributed by atoms with Crippen molar-refractivity contribution in [1.82, 2.24) is 10.2 Å². The number of aromatic nitrogens is 2. The number of carbonyl (C=O) groups excluding carboxylic acids is 1. The van der Waals surface area contributed by atoms with Crippen LogP contribution in [0.4, 0.5) is 6.01 Å². The molecule has 130 valence electrons. The van der Waals surface area contributed by atoms with Crippen LogP contribution >= 0.6 is 0 Å². The third-order valence-corrected chi connectivity index (χ3v) is 3.53. The average molecular weight is 343 g/mol. The molecule has 0 spiro atoms. The number of methoxy groups -OCH3 is 2. The molecule has 3 aromatic rings. The number of benzene rings is 1. The lowest BCUT2D eigenvalue weighted by Gasteiger charge is -2.07. The van der Waals surface area contributed by atoms with Gasteiger partial charge in [0.1, 0.15) is 23.0 Å². The molecule has 0 atom stereocenters. The molecule has 0 aliphatic rings. The van der Waals surface area contributed by atoms with E-state index in [0.717, 1.165) is 5.76 Å². The lowest BCUT2D eigenvalue weighted by Crippen LogP contribution is -2.12. The predicted molar refractivity (Wildman–Crippen MR) is 89.0 cm³/mol. The van der Waals surface area contributed by atoms with Gasteiger partial charge in [0.05, 0.1) is 19.8 Å². The number of amides is 1. The molecular weight excluding hydrogens is 326 g/mol. The second-order valence-electron chi connectivity index (χ2n) is 5.29. The lowest BCUT2D eigenvalue weighted by molar-refractivity contribution is 0.102. The van der Waals surface area contributed by atoms with Gasteiger partial charge in [-0.25, -0.2) is 0 Å². The highest BCUT2D eigenvalue weighted by Crippen LogP contribution is 2.27. The van der Waals surface area contributed by atoms with Gasteiger partial charge < -0.3 is 18.3 Å². The fourth-order valence-electron chi connectivity index (χ4n) is 2.33. The van der Waals surface area contributed by atoms with E-state index in [1.54, 1.807) is 31.2 Å². The minimum atomic E-state index is -0.424. The van der Waals surface area contributed by atoms with E-state index in [1.807, 2.05) is 6.92 Å². The van der Waals surface area contributed by atoms with Gasteiger partial charge >= 0.3 is 6.01 Å². The number of rotatable bonds is 5. The standard InChI is InChI=1S/C17H17N3O5/c1-9-5-14(10(2)24-9)16-19-20-17(25-16)18-15(21)11-6-12(22-3)8-13(7-11)23-4/h5-8H,1-4H3,(H,18,20,21). The summed E-state index contributed by atoms with van der Waals surface area (Å²) in [5, 5.41) is 10.3. The van der Waals surface area contributed by atoms with E-state index >= 15 is 0 Å². The first kappa shape index (κ1) is 16.6. The van der Waals surface area contributed by atoms with Gasteiger partial charge in [-0.2, -0.15) is 0 Å². The highest BCUT2D eigenvalue weighted by atomic mass is 16.5. The van der Waals surface area contributed by atoms with Crippen LogP contribution in [0.3, 0.4) is 0 Å². The van der Waals surface area contributed by atoms with Crippen molar-refractivity contribution in [3.63, 3.8) is 0 Å². The zero-order chi connectivity index (χ0) is 18.0. The largest absolute Gasteiger partial charge is 0.497 e. The molecule has 25 heavy (non-hydrogen) atoms. The summed E-state index contributed by atoms with van der Waals surface area (Å²) >= 11 is 0. The van der Waals surface area contributed by atoms with Crippen LogP contribution < -0.4 is 14.8 Å². The van der Waals surface area contributed by atoms with Crippen LogP contribution in [0.25, 0.3) is 11.5 Å². The number of nitrogens with one attached hydrogen (secondary N) is 1. The van der Waals surface area contributed by atoms with Crippen molar-refractivity contribution in [2.45, 2.75) is 13.8 Å². The molecule has 8 heteroatoms. The van der Waals surface area contributed by atoms with E-state index in [0.29, 0.717) is 28.4 Å². The highest BCUT2D eigenvalue weighted by molar-refractivity contribution is 6.03. The number of hydrogen-bond acceptors (Lipinski definition) is 7. The maximum absolute atomic E-state index is 12.4. The molecular formula is C17H17N3O5. The topological polar surface area (TPSA) is 99.6 Å². The Bertz CT molecular complexity index is 891. The first-order valence-electron chi connectivity index (χ1n) is 7.45. The number of hydrogen-bond donors (Lipinski definition) is 1. The molecule has 2 aromatic heterocycles. The SMILES string of the molecule is COc1cc(OC)cc(C(=O)Nc2nnc(-c3cc(C)oc3C)o2)c1. The van der Waals surface area contributed by atoms with Crippen LogP contribution in [0.1, 0.15) is 21.9 Å². The molecule has 3 rings (SSSR count). The van der Waals surface area contributed by atoms with Crippen molar-refractivity contribution in [3.8, 4) is 23.0 Å². The van der Waals surface area contributed by atoms with Crippen LogP contribution in [0.5, 0.6) is 11.5 Å². The maximum Gasteiger partial charge on any atom is 0.322 e. The average Bonchev–Trinajstić information content (AvgIpc) is 3.19. The third-order valence-electron chi connectivity index (χ3n) is 3.53. The van der Waals surface area contributed by atoms with Gasteiger partial charge in [0.2, 0.25) is 0 Å². The maximum atomic E-state index is 12.4. The van der Waals surface area contributed by atoms with Gasteiger partial charge in [-0.15, -0.1) is 5.10 Å². The predicted octanol–water partition coefficient (Wildman–Crippen LogP) is 3.22. The molecule has 0 aliphatic carbocycles. The van der Waals surface area contributed by atoms with E-state index in [1.165, 1.54) is 14.2 Å². The van der Waals surface area contributed by atoms with Gasteiger partial charge in [-0.1, -0.05) is 5.10 Å². The van der Waals surface area contributed by atoms with Gasteiger partial charge in [0, 0.05) is 11.6 Å². The Kier molecular flexibility index (Phi) is 4.42. The van der Waals surface area contributed by atoms with Crippen LogP contribution in [-0.2, 0) is 0 Å². The fraction of sp³-hybridized carbons (Fsp3) is 0.235. The van der Waals surface area contributed by atoms with Crippen molar-refractivity contribution in [3.05, 3.63) is 41.3 Å². The second-order valence-corrected chi connectivity index (χ2v) is 5.29. The molecule has 8 nitrogen and oxygen atoms in total. The van der Waals surface area contributed by atoms with Crippen molar-refractivity contribution < 1.29 is 23.1 Å². The fourth-order valence-corrected chi connectivity index (χ4v) is 2.33. The van der Waals surface area contributed by atoms with Gasteiger partial charge in [-0.3, -0.25) is 10.1 Å². The summed E-state index contributed by atoms with van der Waals surface area (Å²) in [5.41, 5.74) is 1.03. The summed E-state index contributed by atoms with van der Waals surface area (Å²) in [6.45, 7) is 3.62. The molecule has 0 radical (unpaired) electrons. The van der Waals surface area contributed by atoms with E-state index in [9.17, 15) is 4.79 Å². The normalized spacial score (nSPS) is 10.6. The van der Waals surface area contributed by atoms with Crippen molar-refractivity contribution in [1.29, 1.82) is 0 Å². The molecule has 1 amide bonds. The van der Waals surface area contributed by atoms with Crippen LogP contribution in [-0.4, -0.2) is 30.3 Å². The molecule has 1 aromatic carbocycles. The second kappa shape index (κ2) is 6.68. The Labute approximate surface area is 143 Å². The first-order valence-corrected chi connectivity index (χ1v) is 7.45. The van der Waals surface area contributed by atoms with E-state index in [-0.39, 0.29) is 11.9 Å². The Morgan fingerprint density at radius 3 is 2.24 bits per heavy atom. The van der Waals surface area contributed by atoms with E-state index in [2.05, 4.69) is 15.5 Å². The Morgan fingerprint density at radius 1 is 1.00 bits per heavy atom. The number of furan rings is 1. The Hall–Kier alpha value is -3.29. The monoisotopic (exact) mass is 343 g/mol. The molecule has 1 N–H and O–H groups in total. The smallest absolute Gasteiger partial charge is 0.322 e. The summed E-state index contributed by atoms with van der Waals surface area (Å²) in [5.74, 6) is 2.25. The minimum Gasteiger partial charge on any atom is -0.497 e. The summed E-state index contributed by atoms with van der Waals surface area (Å²) < 4.78 is 21.2. The minimum absolute atomic E-state index is 0.0139. The molecule has 2 heterocycles. The molecule has 0 unspecified atom stereocenters. The number of ether oxygens (including phenoxy) is 2. The van der Waals surface area contributed by atoms with Crippen LogP contribution in [0.15, 0.2) is 33.1 Å². The summed E-state index contributed by atoms with van der Waals surface area (Å²) in [6.07, 6.45) is 0. The third kappa shape index (κ3) is 3.47. The molecule has 0 aliphatic heterocycles.